The molecular formula is C29H30ClN3O4S. The highest BCUT2D eigenvalue weighted by molar-refractivity contribution is 7.99. The minimum atomic E-state index is -0.211. The van der Waals surface area contributed by atoms with Crippen LogP contribution < -0.4 is 20.3 Å². The van der Waals surface area contributed by atoms with E-state index in [0.717, 1.165) is 11.3 Å². The fraction of sp³-hybridized carbons (Fsp3) is 0.276. The predicted octanol–water partition coefficient (Wildman–Crippen LogP) is 6.16. The van der Waals surface area contributed by atoms with Gasteiger partial charge in [0.25, 0.3) is 5.56 Å². The van der Waals surface area contributed by atoms with Crippen molar-refractivity contribution in [1.82, 2.24) is 9.55 Å². The normalized spacial score (nSPS) is 11.1. The van der Waals surface area contributed by atoms with E-state index in [1.165, 1.54) is 31.5 Å². The summed E-state index contributed by atoms with van der Waals surface area (Å²) in [6.45, 7) is 4.64. The number of methoxy groups -OCH3 is 2. The molecule has 1 aromatic heterocycles. The highest BCUT2D eigenvalue weighted by Gasteiger charge is 2.17. The van der Waals surface area contributed by atoms with Gasteiger partial charge < -0.3 is 14.8 Å². The van der Waals surface area contributed by atoms with E-state index in [0.29, 0.717) is 51.5 Å². The zero-order valence-electron chi connectivity index (χ0n) is 21.8. The lowest BCUT2D eigenvalue weighted by Gasteiger charge is -2.15. The van der Waals surface area contributed by atoms with Gasteiger partial charge in [0, 0.05) is 23.3 Å². The zero-order chi connectivity index (χ0) is 27.2. The van der Waals surface area contributed by atoms with E-state index in [2.05, 4.69) is 19.2 Å². The van der Waals surface area contributed by atoms with Crippen molar-refractivity contribution < 1.29 is 14.3 Å². The van der Waals surface area contributed by atoms with E-state index in [-0.39, 0.29) is 17.2 Å². The molecular weight excluding hydrogens is 522 g/mol. The Labute approximate surface area is 231 Å². The number of nitrogens with zero attached hydrogens (tertiary/aromatic N) is 2. The molecule has 0 aliphatic carbocycles. The van der Waals surface area contributed by atoms with Gasteiger partial charge in [0.1, 0.15) is 0 Å². The molecule has 0 aliphatic heterocycles. The summed E-state index contributed by atoms with van der Waals surface area (Å²) < 4.78 is 12.4. The molecule has 0 saturated carbocycles. The molecule has 9 heteroatoms. The second kappa shape index (κ2) is 12.4. The van der Waals surface area contributed by atoms with Crippen LogP contribution in [-0.4, -0.2) is 35.4 Å². The van der Waals surface area contributed by atoms with E-state index in [4.69, 9.17) is 26.1 Å². The first kappa shape index (κ1) is 27.5. The Morgan fingerprint density at radius 1 is 1.03 bits per heavy atom. The summed E-state index contributed by atoms with van der Waals surface area (Å²) in [5.41, 5.74) is 3.23. The second-order valence-corrected chi connectivity index (χ2v) is 10.4. The number of carbonyl (C=O) groups excluding carboxylic acids is 1. The fourth-order valence-electron chi connectivity index (χ4n) is 4.01. The molecule has 0 radical (unpaired) electrons. The summed E-state index contributed by atoms with van der Waals surface area (Å²) in [5, 5.41) is 4.44. The van der Waals surface area contributed by atoms with Gasteiger partial charge in [-0.1, -0.05) is 61.5 Å². The van der Waals surface area contributed by atoms with E-state index in [1.54, 1.807) is 16.7 Å². The minimum absolute atomic E-state index is 0.0954. The molecule has 198 valence electrons. The highest BCUT2D eigenvalue weighted by Crippen LogP contribution is 2.31. The molecule has 0 aliphatic rings. The molecule has 1 amide bonds. The van der Waals surface area contributed by atoms with Crippen LogP contribution in [0.1, 0.15) is 30.9 Å². The van der Waals surface area contributed by atoms with Gasteiger partial charge in [-0.05, 0) is 53.8 Å². The molecule has 7 nitrogen and oxygen atoms in total. The van der Waals surface area contributed by atoms with E-state index < -0.39 is 0 Å². The largest absolute Gasteiger partial charge is 0.493 e. The molecule has 0 bridgehead atoms. The van der Waals surface area contributed by atoms with Crippen molar-refractivity contribution in [2.75, 3.05) is 25.3 Å². The maximum absolute atomic E-state index is 13.6. The lowest BCUT2D eigenvalue weighted by Crippen LogP contribution is -2.25. The number of aromatic nitrogens is 2. The van der Waals surface area contributed by atoms with Gasteiger partial charge in [-0.25, -0.2) is 4.98 Å². The zero-order valence-corrected chi connectivity index (χ0v) is 23.4. The fourth-order valence-corrected chi connectivity index (χ4v) is 4.96. The summed E-state index contributed by atoms with van der Waals surface area (Å²) in [6, 6.07) is 18.6. The first-order valence-electron chi connectivity index (χ1n) is 12.2. The number of benzene rings is 3. The number of hydrogen-bond acceptors (Lipinski definition) is 6. The number of thioether (sulfide) groups is 1. The maximum Gasteiger partial charge on any atom is 0.262 e. The van der Waals surface area contributed by atoms with Crippen LogP contribution >= 0.6 is 23.4 Å². The molecule has 0 spiro atoms. The van der Waals surface area contributed by atoms with Gasteiger partial charge >= 0.3 is 0 Å². The number of aryl methyl sites for hydroxylation is 1. The van der Waals surface area contributed by atoms with Crippen LogP contribution in [-0.2, 0) is 17.8 Å². The van der Waals surface area contributed by atoms with Gasteiger partial charge in [0.05, 0.1) is 30.9 Å². The third-order valence-corrected chi connectivity index (χ3v) is 7.38. The van der Waals surface area contributed by atoms with E-state index in [1.807, 2.05) is 48.5 Å². The van der Waals surface area contributed by atoms with Crippen molar-refractivity contribution in [3.05, 3.63) is 87.2 Å². The summed E-state index contributed by atoms with van der Waals surface area (Å²) in [4.78, 5) is 31.1. The van der Waals surface area contributed by atoms with E-state index in [9.17, 15) is 9.59 Å². The van der Waals surface area contributed by atoms with Crippen molar-refractivity contribution in [1.29, 1.82) is 0 Å². The number of amides is 1. The third kappa shape index (κ3) is 6.49. The molecule has 4 rings (SSSR count). The number of ether oxygens (including phenoxy) is 2. The highest BCUT2D eigenvalue weighted by atomic mass is 35.5. The van der Waals surface area contributed by atoms with Crippen LogP contribution in [0.4, 0.5) is 5.69 Å². The quantitative estimate of drug-likeness (QED) is 0.188. The van der Waals surface area contributed by atoms with Crippen LogP contribution in [0.3, 0.4) is 0 Å². The van der Waals surface area contributed by atoms with Crippen LogP contribution in [0.2, 0.25) is 5.02 Å². The van der Waals surface area contributed by atoms with Gasteiger partial charge in [-0.3, -0.25) is 14.2 Å². The Bertz CT molecular complexity index is 1490. The number of carbonyl (C=O) groups is 1. The minimum Gasteiger partial charge on any atom is -0.493 e. The Kier molecular flexibility index (Phi) is 8.97. The molecule has 0 atom stereocenters. The number of nitrogens with one attached hydrogen (secondary N) is 1. The number of rotatable bonds is 10. The van der Waals surface area contributed by atoms with Crippen molar-refractivity contribution >= 4 is 45.9 Å². The SMILES string of the molecule is COc1cc2nc(SCC(=O)Nc3ccc(C(C)C)cc3)n(CCc3ccc(Cl)cc3)c(=O)c2cc1OC. The number of fused-ring (bicyclic) bond motifs is 1. The Morgan fingerprint density at radius 2 is 1.68 bits per heavy atom. The summed E-state index contributed by atoms with van der Waals surface area (Å²) in [6.07, 6.45) is 0.597. The van der Waals surface area contributed by atoms with Crippen molar-refractivity contribution in [3.63, 3.8) is 0 Å². The maximum atomic E-state index is 13.6. The lowest BCUT2D eigenvalue weighted by atomic mass is 10.0. The summed E-state index contributed by atoms with van der Waals surface area (Å²) >= 11 is 7.24. The summed E-state index contributed by atoms with van der Waals surface area (Å²) in [7, 11) is 3.06. The van der Waals surface area contributed by atoms with E-state index >= 15 is 0 Å². The topological polar surface area (TPSA) is 82.5 Å². The molecule has 1 heterocycles. The summed E-state index contributed by atoms with van der Waals surface area (Å²) in [5.74, 6) is 1.25. The van der Waals surface area contributed by atoms with Gasteiger partial charge in [0.2, 0.25) is 5.91 Å². The Balaban J connectivity index is 1.61. The Hall–Kier alpha value is -3.49. The van der Waals surface area contributed by atoms with Crippen molar-refractivity contribution in [2.24, 2.45) is 0 Å². The smallest absolute Gasteiger partial charge is 0.262 e. The Morgan fingerprint density at radius 3 is 2.32 bits per heavy atom. The van der Waals surface area contributed by atoms with Crippen LogP contribution in [0.15, 0.2) is 70.6 Å². The van der Waals surface area contributed by atoms with Crippen LogP contribution in [0, 0.1) is 0 Å². The lowest BCUT2D eigenvalue weighted by molar-refractivity contribution is -0.113. The average molecular weight is 552 g/mol. The molecule has 0 fully saturated rings. The first-order chi connectivity index (χ1) is 18.3. The van der Waals surface area contributed by atoms with Gasteiger partial charge in [-0.2, -0.15) is 0 Å². The molecule has 38 heavy (non-hydrogen) atoms. The number of halogens is 1. The molecule has 0 unspecified atom stereocenters. The molecule has 3 aromatic carbocycles. The standard InChI is InChI=1S/C29H30ClN3O4S/c1-18(2)20-7-11-22(12-8-20)31-27(34)17-38-29-32-24-16-26(37-4)25(36-3)15-23(24)28(35)33(29)14-13-19-5-9-21(30)10-6-19/h5-12,15-16,18H,13-14,17H2,1-4H3,(H,31,34). The predicted molar refractivity (Wildman–Crippen MR) is 154 cm³/mol. The van der Waals surface area contributed by atoms with Crippen molar-refractivity contribution in [2.45, 2.75) is 37.9 Å². The first-order valence-corrected chi connectivity index (χ1v) is 13.6. The van der Waals surface area contributed by atoms with Gasteiger partial charge in [0.15, 0.2) is 16.7 Å². The molecule has 4 aromatic rings. The monoisotopic (exact) mass is 551 g/mol. The van der Waals surface area contributed by atoms with Crippen LogP contribution in [0.5, 0.6) is 11.5 Å². The third-order valence-electron chi connectivity index (χ3n) is 6.16. The van der Waals surface area contributed by atoms with Gasteiger partial charge in [-0.15, -0.1) is 0 Å². The number of anilines is 1. The molecule has 0 saturated heterocycles. The van der Waals surface area contributed by atoms with Crippen molar-refractivity contribution in [3.8, 4) is 11.5 Å². The molecule has 1 N–H and O–H groups in total. The number of hydrogen-bond donors (Lipinski definition) is 1. The average Bonchev–Trinajstić information content (AvgIpc) is 2.92. The second-order valence-electron chi connectivity index (χ2n) is 9.07. The van der Waals surface area contributed by atoms with Crippen LogP contribution in [0.25, 0.3) is 10.9 Å².